The van der Waals surface area contributed by atoms with Crippen molar-refractivity contribution in [2.24, 2.45) is 0 Å². The minimum atomic E-state index is -0.0883. The zero-order chi connectivity index (χ0) is 21.9. The molecular formula is C24H30N2O5. The van der Waals surface area contributed by atoms with Crippen molar-refractivity contribution in [2.75, 3.05) is 46.0 Å². The second kappa shape index (κ2) is 11.8. The Balaban J connectivity index is 1.35. The van der Waals surface area contributed by atoms with Crippen LogP contribution in [-0.2, 0) is 9.59 Å². The Morgan fingerprint density at radius 2 is 1.35 bits per heavy atom. The molecule has 7 nitrogen and oxygen atoms in total. The van der Waals surface area contributed by atoms with Gasteiger partial charge in [0.1, 0.15) is 5.75 Å². The number of amides is 2. The lowest BCUT2D eigenvalue weighted by Crippen LogP contribution is -2.51. The first-order valence-corrected chi connectivity index (χ1v) is 10.8. The van der Waals surface area contributed by atoms with E-state index in [9.17, 15) is 9.59 Å². The van der Waals surface area contributed by atoms with E-state index in [1.807, 2.05) is 60.4 Å². The number of carbonyl (C=O) groups excluding carboxylic acids is 2. The molecule has 2 aromatic rings. The van der Waals surface area contributed by atoms with Crippen molar-refractivity contribution in [1.29, 1.82) is 0 Å². The van der Waals surface area contributed by atoms with E-state index in [-0.39, 0.29) is 18.4 Å². The van der Waals surface area contributed by atoms with E-state index in [1.165, 1.54) is 0 Å². The predicted molar refractivity (Wildman–Crippen MR) is 117 cm³/mol. The molecule has 7 heteroatoms. The van der Waals surface area contributed by atoms with Crippen LogP contribution in [0.4, 0.5) is 0 Å². The van der Waals surface area contributed by atoms with Gasteiger partial charge in [-0.1, -0.05) is 30.3 Å². The third-order valence-corrected chi connectivity index (χ3v) is 5.03. The molecule has 166 valence electrons. The van der Waals surface area contributed by atoms with Crippen molar-refractivity contribution in [3.8, 4) is 17.2 Å². The molecule has 0 spiro atoms. The van der Waals surface area contributed by atoms with Crippen LogP contribution in [0, 0.1) is 0 Å². The van der Waals surface area contributed by atoms with Crippen molar-refractivity contribution in [2.45, 2.75) is 19.8 Å². The number of hydrogen-bond acceptors (Lipinski definition) is 5. The molecular weight excluding hydrogens is 396 g/mol. The fourth-order valence-corrected chi connectivity index (χ4v) is 3.37. The normalized spacial score (nSPS) is 13.6. The fraction of sp³-hybridized carbons (Fsp3) is 0.417. The third-order valence-electron chi connectivity index (χ3n) is 5.03. The lowest BCUT2D eigenvalue weighted by molar-refractivity contribution is -0.140. The zero-order valence-corrected chi connectivity index (χ0v) is 18.0. The van der Waals surface area contributed by atoms with E-state index >= 15 is 0 Å². The van der Waals surface area contributed by atoms with E-state index < -0.39 is 0 Å². The van der Waals surface area contributed by atoms with Gasteiger partial charge in [0, 0.05) is 32.6 Å². The number of piperazine rings is 1. The molecule has 2 amide bonds. The summed E-state index contributed by atoms with van der Waals surface area (Å²) >= 11 is 0. The number of benzene rings is 2. The lowest BCUT2D eigenvalue weighted by Gasteiger charge is -2.34. The topological polar surface area (TPSA) is 68.3 Å². The molecule has 0 radical (unpaired) electrons. The Hall–Kier alpha value is -3.22. The Labute approximate surface area is 183 Å². The van der Waals surface area contributed by atoms with Crippen molar-refractivity contribution in [3.05, 3.63) is 54.6 Å². The maximum absolute atomic E-state index is 12.5. The maximum Gasteiger partial charge on any atom is 0.260 e. The van der Waals surface area contributed by atoms with E-state index in [2.05, 4.69) is 0 Å². The molecule has 0 aliphatic carbocycles. The smallest absolute Gasteiger partial charge is 0.260 e. The highest BCUT2D eigenvalue weighted by atomic mass is 16.5. The van der Waals surface area contributed by atoms with Crippen LogP contribution in [0.15, 0.2) is 54.6 Å². The second-order valence-electron chi connectivity index (χ2n) is 7.20. The number of carbonyl (C=O) groups is 2. The minimum Gasteiger partial charge on any atom is -0.494 e. The van der Waals surface area contributed by atoms with Gasteiger partial charge in [-0.15, -0.1) is 0 Å². The number of hydrogen-bond donors (Lipinski definition) is 0. The number of rotatable bonds is 10. The van der Waals surface area contributed by atoms with Gasteiger partial charge in [-0.3, -0.25) is 9.59 Å². The van der Waals surface area contributed by atoms with Gasteiger partial charge in [0.05, 0.1) is 13.2 Å². The molecule has 0 atom stereocenters. The van der Waals surface area contributed by atoms with Crippen LogP contribution in [0.5, 0.6) is 17.2 Å². The molecule has 2 aromatic carbocycles. The largest absolute Gasteiger partial charge is 0.494 e. The third kappa shape index (κ3) is 6.91. The molecule has 1 heterocycles. The molecule has 3 rings (SSSR count). The van der Waals surface area contributed by atoms with Gasteiger partial charge in [-0.05, 0) is 37.6 Å². The summed E-state index contributed by atoms with van der Waals surface area (Å²) in [6.45, 7) is 5.01. The van der Waals surface area contributed by atoms with Gasteiger partial charge in [0.2, 0.25) is 5.91 Å². The van der Waals surface area contributed by atoms with Crippen molar-refractivity contribution >= 4 is 11.8 Å². The Kier molecular flexibility index (Phi) is 8.58. The molecule has 0 aromatic heterocycles. The summed E-state index contributed by atoms with van der Waals surface area (Å²) < 4.78 is 16.8. The predicted octanol–water partition coefficient (Wildman–Crippen LogP) is 2.99. The zero-order valence-electron chi connectivity index (χ0n) is 18.0. The Bertz CT molecular complexity index is 835. The summed E-state index contributed by atoms with van der Waals surface area (Å²) in [5.74, 6) is 2.02. The average molecular weight is 427 g/mol. The first-order chi connectivity index (χ1) is 15.2. The minimum absolute atomic E-state index is 0.0468. The summed E-state index contributed by atoms with van der Waals surface area (Å²) in [6.07, 6.45) is 1.11. The average Bonchev–Trinajstić information content (AvgIpc) is 2.82. The summed E-state index contributed by atoms with van der Waals surface area (Å²) in [7, 11) is 0. The van der Waals surface area contributed by atoms with Crippen LogP contribution in [0.2, 0.25) is 0 Å². The SMILES string of the molecule is CCOc1ccccc1OCC(=O)N1CCN(C(=O)CCCOc2ccccc2)CC1. The van der Waals surface area contributed by atoms with Gasteiger partial charge < -0.3 is 24.0 Å². The summed E-state index contributed by atoms with van der Waals surface area (Å²) in [5.41, 5.74) is 0. The molecule has 0 unspecified atom stereocenters. The second-order valence-corrected chi connectivity index (χ2v) is 7.20. The number of ether oxygens (including phenoxy) is 3. The van der Waals surface area contributed by atoms with Crippen LogP contribution in [0.3, 0.4) is 0 Å². The highest BCUT2D eigenvalue weighted by molar-refractivity contribution is 5.79. The molecule has 1 saturated heterocycles. The van der Waals surface area contributed by atoms with Crippen LogP contribution >= 0.6 is 0 Å². The molecule has 0 saturated carbocycles. The Morgan fingerprint density at radius 1 is 0.774 bits per heavy atom. The van der Waals surface area contributed by atoms with Gasteiger partial charge >= 0.3 is 0 Å². The molecule has 0 bridgehead atoms. The highest BCUT2D eigenvalue weighted by Gasteiger charge is 2.24. The van der Waals surface area contributed by atoms with E-state index in [1.54, 1.807) is 11.0 Å². The van der Waals surface area contributed by atoms with Crippen molar-refractivity contribution in [1.82, 2.24) is 9.80 Å². The van der Waals surface area contributed by atoms with Crippen LogP contribution in [-0.4, -0.2) is 67.6 Å². The molecule has 0 N–H and O–H groups in total. The van der Waals surface area contributed by atoms with Crippen LogP contribution in [0.25, 0.3) is 0 Å². The van der Waals surface area contributed by atoms with Crippen LogP contribution in [0.1, 0.15) is 19.8 Å². The van der Waals surface area contributed by atoms with E-state index in [4.69, 9.17) is 14.2 Å². The standard InChI is InChI=1S/C24H30N2O5/c1-2-29-21-11-6-7-12-22(21)31-19-24(28)26-16-14-25(15-17-26)23(27)13-8-18-30-20-9-4-3-5-10-20/h3-7,9-12H,2,8,13-19H2,1H3. The van der Waals surface area contributed by atoms with Gasteiger partial charge in [-0.2, -0.15) is 0 Å². The quantitative estimate of drug-likeness (QED) is 0.547. The lowest BCUT2D eigenvalue weighted by atomic mass is 10.2. The number of nitrogens with zero attached hydrogens (tertiary/aromatic N) is 2. The van der Waals surface area contributed by atoms with Gasteiger partial charge in [-0.25, -0.2) is 0 Å². The molecule has 1 fully saturated rings. The van der Waals surface area contributed by atoms with Crippen molar-refractivity contribution in [3.63, 3.8) is 0 Å². The van der Waals surface area contributed by atoms with Crippen molar-refractivity contribution < 1.29 is 23.8 Å². The first kappa shape index (κ1) is 22.5. The first-order valence-electron chi connectivity index (χ1n) is 10.8. The Morgan fingerprint density at radius 3 is 2.00 bits per heavy atom. The molecule has 1 aliphatic rings. The number of para-hydroxylation sites is 3. The maximum atomic E-state index is 12.5. The summed E-state index contributed by atoms with van der Waals surface area (Å²) in [5, 5.41) is 0. The highest BCUT2D eigenvalue weighted by Crippen LogP contribution is 2.26. The summed E-state index contributed by atoms with van der Waals surface area (Å²) in [6, 6.07) is 16.9. The van der Waals surface area contributed by atoms with Crippen LogP contribution < -0.4 is 14.2 Å². The van der Waals surface area contributed by atoms with Gasteiger partial charge in [0.15, 0.2) is 18.1 Å². The monoisotopic (exact) mass is 426 g/mol. The van der Waals surface area contributed by atoms with E-state index in [0.29, 0.717) is 63.7 Å². The van der Waals surface area contributed by atoms with Gasteiger partial charge in [0.25, 0.3) is 5.91 Å². The summed E-state index contributed by atoms with van der Waals surface area (Å²) in [4.78, 5) is 28.5. The van der Waals surface area contributed by atoms with E-state index in [0.717, 1.165) is 5.75 Å². The molecule has 31 heavy (non-hydrogen) atoms. The fourth-order valence-electron chi connectivity index (χ4n) is 3.37. The molecule has 1 aliphatic heterocycles.